The van der Waals surface area contributed by atoms with Crippen LogP contribution >= 0.6 is 11.8 Å². The number of nitrogens with one attached hydrogen (secondary N) is 1. The molecule has 1 unspecified atom stereocenters. The average molecular weight is 382 g/mol. The smallest absolute Gasteiger partial charge is 0.192 e. The Labute approximate surface area is 163 Å². The van der Waals surface area contributed by atoms with Crippen LogP contribution in [-0.2, 0) is 6.54 Å². The van der Waals surface area contributed by atoms with E-state index in [9.17, 15) is 9.59 Å². The van der Waals surface area contributed by atoms with Crippen molar-refractivity contribution in [3.8, 4) is 0 Å². The van der Waals surface area contributed by atoms with Gasteiger partial charge >= 0.3 is 0 Å². The standard InChI is InChI=1S/C21H23N3O2S/c1-13-18(15(3)25)14(2)23-19(13)20(26)16(4)27-21-22-10-11-24(21)12-17-8-6-5-7-9-17/h5-11,16,23H,12H2,1-4H3. The summed E-state index contributed by atoms with van der Waals surface area (Å²) in [6.07, 6.45) is 3.67. The highest BCUT2D eigenvalue weighted by atomic mass is 32.2. The van der Waals surface area contributed by atoms with Crippen molar-refractivity contribution in [1.82, 2.24) is 14.5 Å². The lowest BCUT2D eigenvalue weighted by Crippen LogP contribution is -2.16. The van der Waals surface area contributed by atoms with Crippen LogP contribution in [0.1, 0.15) is 51.5 Å². The van der Waals surface area contributed by atoms with Crippen LogP contribution in [0.4, 0.5) is 0 Å². The Morgan fingerprint density at radius 2 is 1.93 bits per heavy atom. The first kappa shape index (κ1) is 19.2. The Bertz CT molecular complexity index is 973. The maximum atomic E-state index is 12.9. The second-order valence-corrected chi connectivity index (χ2v) is 7.94. The van der Waals surface area contributed by atoms with E-state index < -0.39 is 0 Å². The second kappa shape index (κ2) is 7.96. The SMILES string of the molecule is CC(=O)c1c(C)[nH]c(C(=O)C(C)Sc2nccn2Cc2ccccc2)c1C. The highest BCUT2D eigenvalue weighted by molar-refractivity contribution is 8.00. The van der Waals surface area contributed by atoms with Crippen LogP contribution in [0.5, 0.6) is 0 Å². The number of imidazole rings is 1. The van der Waals surface area contributed by atoms with Crippen LogP contribution in [-0.4, -0.2) is 31.4 Å². The molecule has 0 aliphatic carbocycles. The van der Waals surface area contributed by atoms with Crippen LogP contribution in [0.15, 0.2) is 47.9 Å². The molecule has 0 spiro atoms. The number of carbonyl (C=O) groups is 2. The predicted octanol–water partition coefficient (Wildman–Crippen LogP) is 4.44. The van der Waals surface area contributed by atoms with Gasteiger partial charge in [0, 0.05) is 30.2 Å². The third-order valence-electron chi connectivity index (χ3n) is 4.56. The molecule has 3 rings (SSSR count). The van der Waals surface area contributed by atoms with Crippen molar-refractivity contribution in [3.05, 3.63) is 70.8 Å². The highest BCUT2D eigenvalue weighted by Gasteiger charge is 2.25. The quantitative estimate of drug-likeness (QED) is 0.485. The van der Waals surface area contributed by atoms with Gasteiger partial charge in [0.05, 0.1) is 10.9 Å². The summed E-state index contributed by atoms with van der Waals surface area (Å²) < 4.78 is 2.04. The van der Waals surface area contributed by atoms with Crippen molar-refractivity contribution in [2.45, 2.75) is 44.6 Å². The molecule has 27 heavy (non-hydrogen) atoms. The molecular weight excluding hydrogens is 358 g/mol. The molecule has 5 nitrogen and oxygen atoms in total. The molecule has 0 fully saturated rings. The number of thioether (sulfide) groups is 1. The van der Waals surface area contributed by atoms with Gasteiger partial charge in [0.1, 0.15) is 0 Å². The molecule has 1 atom stereocenters. The third-order valence-corrected chi connectivity index (χ3v) is 5.68. The molecular formula is C21H23N3O2S. The number of ketones is 2. The maximum Gasteiger partial charge on any atom is 0.192 e. The first-order valence-electron chi connectivity index (χ1n) is 8.84. The minimum Gasteiger partial charge on any atom is -0.355 e. The van der Waals surface area contributed by atoms with E-state index in [1.807, 2.05) is 49.7 Å². The zero-order valence-corrected chi connectivity index (χ0v) is 16.8. The summed E-state index contributed by atoms with van der Waals surface area (Å²) in [5.41, 5.74) is 3.77. The van der Waals surface area contributed by atoms with Crippen molar-refractivity contribution in [2.75, 3.05) is 0 Å². The Hall–Kier alpha value is -2.60. The number of carbonyl (C=O) groups excluding carboxylic acids is 2. The topological polar surface area (TPSA) is 67.8 Å². The average Bonchev–Trinajstić information content (AvgIpc) is 3.18. The van der Waals surface area contributed by atoms with Gasteiger partial charge in [0.15, 0.2) is 16.7 Å². The molecule has 0 bridgehead atoms. The monoisotopic (exact) mass is 381 g/mol. The zero-order valence-electron chi connectivity index (χ0n) is 15.9. The minimum atomic E-state index is -0.321. The van der Waals surface area contributed by atoms with Crippen molar-refractivity contribution in [1.29, 1.82) is 0 Å². The fourth-order valence-electron chi connectivity index (χ4n) is 3.25. The lowest BCUT2D eigenvalue weighted by atomic mass is 10.0. The summed E-state index contributed by atoms with van der Waals surface area (Å²) in [4.78, 5) is 32.3. The number of benzene rings is 1. The number of nitrogens with zero attached hydrogens (tertiary/aromatic N) is 2. The Kier molecular flexibility index (Phi) is 5.65. The van der Waals surface area contributed by atoms with Gasteiger partial charge in [0.25, 0.3) is 0 Å². The van der Waals surface area contributed by atoms with Gasteiger partial charge in [-0.2, -0.15) is 0 Å². The van der Waals surface area contributed by atoms with E-state index in [2.05, 4.69) is 22.1 Å². The van der Waals surface area contributed by atoms with Crippen LogP contribution in [0, 0.1) is 13.8 Å². The molecule has 0 amide bonds. The van der Waals surface area contributed by atoms with Crippen molar-refractivity contribution >= 4 is 23.3 Å². The van der Waals surface area contributed by atoms with Gasteiger partial charge in [-0.25, -0.2) is 4.98 Å². The summed E-state index contributed by atoms with van der Waals surface area (Å²) in [5.74, 6) is -0.0543. The number of hydrogen-bond donors (Lipinski definition) is 1. The highest BCUT2D eigenvalue weighted by Crippen LogP contribution is 2.27. The first-order chi connectivity index (χ1) is 12.9. The van der Waals surface area contributed by atoms with Gasteiger partial charge in [-0.1, -0.05) is 42.1 Å². The van der Waals surface area contributed by atoms with Crippen molar-refractivity contribution in [3.63, 3.8) is 0 Å². The fraction of sp³-hybridized carbons (Fsp3) is 0.286. The summed E-state index contributed by atoms with van der Waals surface area (Å²) in [5, 5.41) is 0.478. The molecule has 6 heteroatoms. The molecule has 2 aromatic heterocycles. The van der Waals surface area contributed by atoms with Gasteiger partial charge in [-0.3, -0.25) is 9.59 Å². The molecule has 2 heterocycles. The summed E-state index contributed by atoms with van der Waals surface area (Å²) in [7, 11) is 0. The molecule has 0 saturated heterocycles. The van der Waals surface area contributed by atoms with Crippen LogP contribution in [0.25, 0.3) is 0 Å². The summed E-state index contributed by atoms with van der Waals surface area (Å²) in [6.45, 7) is 7.75. The van der Waals surface area contributed by atoms with E-state index in [1.54, 1.807) is 6.20 Å². The lowest BCUT2D eigenvalue weighted by molar-refractivity contribution is 0.0988. The molecule has 140 valence electrons. The molecule has 1 N–H and O–H groups in total. The molecule has 0 aliphatic heterocycles. The molecule has 1 aromatic carbocycles. The number of Topliss-reactive ketones (excluding diaryl/α,β-unsaturated/α-hetero) is 2. The van der Waals surface area contributed by atoms with E-state index in [0.29, 0.717) is 17.8 Å². The van der Waals surface area contributed by atoms with Crippen LogP contribution in [0.3, 0.4) is 0 Å². The number of hydrogen-bond acceptors (Lipinski definition) is 4. The van der Waals surface area contributed by atoms with Crippen molar-refractivity contribution < 1.29 is 9.59 Å². The maximum absolute atomic E-state index is 12.9. The summed E-state index contributed by atoms with van der Waals surface area (Å²) in [6, 6.07) is 10.1. The second-order valence-electron chi connectivity index (χ2n) is 6.63. The van der Waals surface area contributed by atoms with E-state index in [-0.39, 0.29) is 16.8 Å². The van der Waals surface area contributed by atoms with E-state index in [0.717, 1.165) is 16.4 Å². The van der Waals surface area contributed by atoms with Gasteiger partial charge in [0.2, 0.25) is 0 Å². The molecule has 3 aromatic rings. The van der Waals surface area contributed by atoms with E-state index in [4.69, 9.17) is 0 Å². The minimum absolute atomic E-state index is 0.0256. The lowest BCUT2D eigenvalue weighted by Gasteiger charge is -2.12. The Balaban J connectivity index is 1.78. The fourth-order valence-corrected chi connectivity index (χ4v) is 4.18. The Morgan fingerprint density at radius 3 is 2.56 bits per heavy atom. The number of aromatic amines is 1. The van der Waals surface area contributed by atoms with Crippen LogP contribution < -0.4 is 0 Å². The van der Waals surface area contributed by atoms with E-state index in [1.165, 1.54) is 24.2 Å². The number of aromatic nitrogens is 3. The molecule has 0 saturated carbocycles. The number of aryl methyl sites for hydroxylation is 1. The van der Waals surface area contributed by atoms with Crippen LogP contribution in [0.2, 0.25) is 0 Å². The Morgan fingerprint density at radius 1 is 1.22 bits per heavy atom. The molecule has 0 aliphatic rings. The van der Waals surface area contributed by atoms with E-state index >= 15 is 0 Å². The number of H-pyrrole nitrogens is 1. The van der Waals surface area contributed by atoms with Gasteiger partial charge < -0.3 is 9.55 Å². The predicted molar refractivity (Wildman–Crippen MR) is 108 cm³/mol. The van der Waals surface area contributed by atoms with Crippen molar-refractivity contribution in [2.24, 2.45) is 0 Å². The normalized spacial score (nSPS) is 12.1. The van der Waals surface area contributed by atoms with Gasteiger partial charge in [-0.05, 0) is 38.8 Å². The largest absolute Gasteiger partial charge is 0.355 e. The molecule has 0 radical (unpaired) electrons. The summed E-state index contributed by atoms with van der Waals surface area (Å²) >= 11 is 1.43. The van der Waals surface area contributed by atoms with Gasteiger partial charge in [-0.15, -0.1) is 0 Å². The zero-order chi connectivity index (χ0) is 19.6. The third kappa shape index (κ3) is 4.06. The first-order valence-corrected chi connectivity index (χ1v) is 9.72. The number of rotatable bonds is 7.